The van der Waals surface area contributed by atoms with Crippen molar-refractivity contribution in [1.82, 2.24) is 0 Å². The van der Waals surface area contributed by atoms with E-state index in [1.165, 1.54) is 7.11 Å². The van der Waals surface area contributed by atoms with Gasteiger partial charge in [-0.3, -0.25) is 0 Å². The number of benzene rings is 3. The highest BCUT2D eigenvalue weighted by Gasteiger charge is 2.36. The molecule has 0 radical (unpaired) electrons. The SMILES string of the molecule is CO/N=C/[C@H](OC(=O)c1ccc(C)cc1)[C@@H](OC(=O)c1ccc(C)cc1)[C@@H](O)COC(=O)c1ccc(C)cc1. The lowest BCUT2D eigenvalue weighted by atomic mass is 10.1. The van der Waals surface area contributed by atoms with Gasteiger partial charge in [-0.05, 0) is 57.2 Å². The average molecular weight is 534 g/mol. The topological polar surface area (TPSA) is 121 Å². The molecule has 0 amide bonds. The molecule has 3 aromatic rings. The van der Waals surface area contributed by atoms with Gasteiger partial charge in [0.05, 0.1) is 22.9 Å². The van der Waals surface area contributed by atoms with E-state index in [-0.39, 0.29) is 16.7 Å². The summed E-state index contributed by atoms with van der Waals surface area (Å²) in [5, 5.41) is 14.7. The molecule has 3 aromatic carbocycles. The highest BCUT2D eigenvalue weighted by molar-refractivity contribution is 5.92. The van der Waals surface area contributed by atoms with Crippen molar-refractivity contribution in [2.24, 2.45) is 5.16 Å². The molecule has 0 aliphatic heterocycles. The normalized spacial score (nSPS) is 13.3. The van der Waals surface area contributed by atoms with Crippen LogP contribution in [0, 0.1) is 20.8 Å². The number of hydrogen-bond donors (Lipinski definition) is 1. The lowest BCUT2D eigenvalue weighted by molar-refractivity contribution is -0.0784. The molecule has 3 atom stereocenters. The van der Waals surface area contributed by atoms with E-state index in [2.05, 4.69) is 5.16 Å². The van der Waals surface area contributed by atoms with E-state index in [4.69, 9.17) is 19.0 Å². The molecule has 204 valence electrons. The second-order valence-electron chi connectivity index (χ2n) is 8.94. The Balaban J connectivity index is 1.85. The van der Waals surface area contributed by atoms with E-state index >= 15 is 0 Å². The summed E-state index contributed by atoms with van der Waals surface area (Å²) in [6.07, 6.45) is -3.39. The molecule has 3 rings (SSSR count). The molecule has 0 aliphatic carbocycles. The maximum absolute atomic E-state index is 13.0. The van der Waals surface area contributed by atoms with Crippen molar-refractivity contribution in [3.8, 4) is 0 Å². The second kappa shape index (κ2) is 13.9. The molecule has 39 heavy (non-hydrogen) atoms. The first-order valence-electron chi connectivity index (χ1n) is 12.2. The van der Waals surface area contributed by atoms with Crippen molar-refractivity contribution in [3.05, 3.63) is 106 Å². The highest BCUT2D eigenvalue weighted by Crippen LogP contribution is 2.17. The maximum atomic E-state index is 13.0. The Labute approximate surface area is 227 Å². The number of carbonyl (C=O) groups excluding carboxylic acids is 3. The third-order valence-corrected chi connectivity index (χ3v) is 5.75. The molecule has 9 heteroatoms. The molecule has 0 heterocycles. The summed E-state index contributed by atoms with van der Waals surface area (Å²) in [7, 11) is 1.28. The van der Waals surface area contributed by atoms with Gasteiger partial charge in [0.15, 0.2) is 12.2 Å². The molecule has 0 unspecified atom stereocenters. The molecule has 0 aliphatic rings. The van der Waals surface area contributed by atoms with Gasteiger partial charge in [0.1, 0.15) is 19.8 Å². The van der Waals surface area contributed by atoms with Gasteiger partial charge in [-0.1, -0.05) is 58.2 Å². The zero-order valence-corrected chi connectivity index (χ0v) is 22.2. The van der Waals surface area contributed by atoms with Gasteiger partial charge in [0.2, 0.25) is 0 Å². The first kappa shape index (κ1) is 29.1. The largest absolute Gasteiger partial charge is 0.459 e. The minimum atomic E-state index is -1.59. The smallest absolute Gasteiger partial charge is 0.338 e. The van der Waals surface area contributed by atoms with Crippen molar-refractivity contribution in [1.29, 1.82) is 0 Å². The molecule has 0 aromatic heterocycles. The van der Waals surface area contributed by atoms with Crippen LogP contribution < -0.4 is 0 Å². The summed E-state index contributed by atoms with van der Waals surface area (Å²) in [5.41, 5.74) is 3.57. The van der Waals surface area contributed by atoms with E-state index in [0.717, 1.165) is 22.9 Å². The molecule has 0 saturated carbocycles. The van der Waals surface area contributed by atoms with E-state index in [1.807, 2.05) is 20.8 Å². The van der Waals surface area contributed by atoms with Gasteiger partial charge >= 0.3 is 17.9 Å². The Morgan fingerprint density at radius 1 is 0.718 bits per heavy atom. The van der Waals surface area contributed by atoms with Crippen LogP contribution in [0.25, 0.3) is 0 Å². The van der Waals surface area contributed by atoms with Crippen molar-refractivity contribution >= 4 is 24.1 Å². The zero-order chi connectivity index (χ0) is 28.4. The van der Waals surface area contributed by atoms with Gasteiger partial charge in [-0.15, -0.1) is 0 Å². The molecule has 0 saturated heterocycles. The number of carbonyl (C=O) groups is 3. The summed E-state index contributed by atoms with van der Waals surface area (Å²) >= 11 is 0. The van der Waals surface area contributed by atoms with Crippen LogP contribution in [0.2, 0.25) is 0 Å². The number of ether oxygens (including phenoxy) is 3. The Hall–Kier alpha value is -4.50. The van der Waals surface area contributed by atoms with E-state index < -0.39 is 42.8 Å². The van der Waals surface area contributed by atoms with Gasteiger partial charge in [-0.2, -0.15) is 0 Å². The van der Waals surface area contributed by atoms with Gasteiger partial charge in [-0.25, -0.2) is 14.4 Å². The number of aliphatic hydroxyl groups is 1. The molecule has 1 N–H and O–H groups in total. The Morgan fingerprint density at radius 2 is 1.13 bits per heavy atom. The summed E-state index contributed by atoms with van der Waals surface area (Å²) in [4.78, 5) is 43.1. The summed E-state index contributed by atoms with van der Waals surface area (Å²) in [6, 6.07) is 19.9. The fourth-order valence-electron chi connectivity index (χ4n) is 3.46. The number of aryl methyl sites for hydroxylation is 3. The number of hydrogen-bond acceptors (Lipinski definition) is 9. The standard InChI is InChI=1S/C30H31NO8/c1-19-5-11-22(12-6-19)28(33)37-18-25(32)27(39-30(35)24-15-9-21(3)10-16-24)26(17-31-36-4)38-29(34)23-13-7-20(2)8-14-23/h5-17,25-27,32H,18H2,1-4H3/b31-17+/t25-,26-,27-/m0/s1. The minimum Gasteiger partial charge on any atom is -0.459 e. The monoisotopic (exact) mass is 533 g/mol. The highest BCUT2D eigenvalue weighted by atomic mass is 16.6. The Kier molecular flexibility index (Phi) is 10.3. The number of nitrogens with zero attached hydrogens (tertiary/aromatic N) is 1. The van der Waals surface area contributed by atoms with Crippen LogP contribution in [0.1, 0.15) is 47.8 Å². The minimum absolute atomic E-state index is 0.210. The third kappa shape index (κ3) is 8.51. The van der Waals surface area contributed by atoms with Crippen LogP contribution >= 0.6 is 0 Å². The van der Waals surface area contributed by atoms with Crippen molar-refractivity contribution in [2.45, 2.75) is 39.1 Å². The van der Waals surface area contributed by atoms with Crippen LogP contribution in [0.15, 0.2) is 78.0 Å². The van der Waals surface area contributed by atoms with Crippen LogP contribution in [0.3, 0.4) is 0 Å². The number of rotatable bonds is 11. The number of aliphatic hydroxyl groups excluding tert-OH is 1. The first-order valence-corrected chi connectivity index (χ1v) is 12.2. The fraction of sp³-hybridized carbons (Fsp3) is 0.267. The van der Waals surface area contributed by atoms with Crippen molar-refractivity contribution < 1.29 is 38.5 Å². The van der Waals surface area contributed by atoms with Gasteiger partial charge < -0.3 is 24.2 Å². The van der Waals surface area contributed by atoms with Crippen LogP contribution in [0.5, 0.6) is 0 Å². The van der Waals surface area contributed by atoms with E-state index in [1.54, 1.807) is 72.8 Å². The average Bonchev–Trinajstić information content (AvgIpc) is 2.93. The lowest BCUT2D eigenvalue weighted by Gasteiger charge is -2.28. The van der Waals surface area contributed by atoms with Gasteiger partial charge in [0.25, 0.3) is 0 Å². The molecule has 0 spiro atoms. The molecular weight excluding hydrogens is 502 g/mol. The Morgan fingerprint density at radius 3 is 1.56 bits per heavy atom. The summed E-state index contributed by atoms with van der Waals surface area (Å²) < 4.78 is 16.5. The van der Waals surface area contributed by atoms with Crippen LogP contribution in [-0.4, -0.2) is 61.3 Å². The van der Waals surface area contributed by atoms with E-state index in [0.29, 0.717) is 0 Å². The molecule has 0 bridgehead atoms. The molecular formula is C30H31NO8. The van der Waals surface area contributed by atoms with Crippen molar-refractivity contribution in [3.63, 3.8) is 0 Å². The third-order valence-electron chi connectivity index (χ3n) is 5.75. The van der Waals surface area contributed by atoms with Gasteiger partial charge in [0, 0.05) is 0 Å². The lowest BCUT2D eigenvalue weighted by Crippen LogP contribution is -2.46. The predicted molar refractivity (Wildman–Crippen MR) is 144 cm³/mol. The predicted octanol–water partition coefficient (Wildman–Crippen LogP) is 4.21. The van der Waals surface area contributed by atoms with Crippen LogP contribution in [-0.2, 0) is 19.0 Å². The zero-order valence-electron chi connectivity index (χ0n) is 22.2. The number of oxime groups is 1. The van der Waals surface area contributed by atoms with E-state index in [9.17, 15) is 19.5 Å². The summed E-state index contributed by atoms with van der Waals surface area (Å²) in [5.74, 6) is -2.22. The molecule has 0 fully saturated rings. The molecule has 9 nitrogen and oxygen atoms in total. The van der Waals surface area contributed by atoms with Crippen LogP contribution in [0.4, 0.5) is 0 Å². The van der Waals surface area contributed by atoms with Crippen molar-refractivity contribution in [2.75, 3.05) is 13.7 Å². The quantitative estimate of drug-likeness (QED) is 0.168. The summed E-state index contributed by atoms with van der Waals surface area (Å²) in [6.45, 7) is 5.06. The second-order valence-corrected chi connectivity index (χ2v) is 8.94. The fourth-order valence-corrected chi connectivity index (χ4v) is 3.46. The number of esters is 3. The maximum Gasteiger partial charge on any atom is 0.338 e. The Bertz CT molecular complexity index is 1280. The first-order chi connectivity index (χ1) is 18.7.